The van der Waals surface area contributed by atoms with Crippen molar-refractivity contribution >= 4 is 23.4 Å². The molecule has 1 saturated heterocycles. The highest BCUT2D eigenvalue weighted by molar-refractivity contribution is 6.30. The number of carbonyl (C=O) groups is 1. The van der Waals surface area contributed by atoms with Crippen molar-refractivity contribution in [3.8, 4) is 0 Å². The Balaban J connectivity index is 1.80. The molecule has 1 atom stereocenters. The van der Waals surface area contributed by atoms with Gasteiger partial charge >= 0.3 is 5.97 Å². The molecule has 2 aromatic rings. The fraction of sp³-hybridized carbons (Fsp3) is 0.400. The molecule has 1 fully saturated rings. The Kier molecular flexibility index (Phi) is 5.99. The summed E-state index contributed by atoms with van der Waals surface area (Å²) in [5.41, 5.74) is 0.944. The van der Waals surface area contributed by atoms with Crippen LogP contribution in [0.5, 0.6) is 0 Å². The van der Waals surface area contributed by atoms with Crippen LogP contribution in [0.1, 0.15) is 35.9 Å². The molecule has 3 rings (SSSR count). The zero-order valence-corrected chi connectivity index (χ0v) is 16.2. The van der Waals surface area contributed by atoms with Gasteiger partial charge in [0.05, 0.1) is 18.2 Å². The zero-order valence-electron chi connectivity index (χ0n) is 15.5. The van der Waals surface area contributed by atoms with Crippen LogP contribution in [0.3, 0.4) is 0 Å². The Morgan fingerprint density at radius 3 is 2.74 bits per heavy atom. The Bertz CT molecular complexity index is 795. The number of carboxylic acid groups (broad SMARTS) is 1. The monoisotopic (exact) mass is 389 g/mol. The Hall–Kier alpha value is -2.15. The zero-order chi connectivity index (χ0) is 19.4. The van der Waals surface area contributed by atoms with Crippen LogP contribution in [-0.2, 0) is 4.74 Å². The third-order valence-electron chi connectivity index (χ3n) is 4.60. The molecule has 0 radical (unpaired) electrons. The highest BCUT2D eigenvalue weighted by Crippen LogP contribution is 2.28. The minimum atomic E-state index is -1.04. The number of pyridine rings is 1. The number of benzene rings is 1. The molecule has 2 heterocycles. The van der Waals surface area contributed by atoms with E-state index in [1.54, 1.807) is 12.1 Å². The minimum absolute atomic E-state index is 0.0237. The lowest BCUT2D eigenvalue weighted by Gasteiger charge is -2.42. The van der Waals surface area contributed by atoms with Gasteiger partial charge in [-0.25, -0.2) is 9.78 Å². The molecule has 0 bridgehead atoms. The molecule has 1 aromatic heterocycles. The number of morpholine rings is 1. The van der Waals surface area contributed by atoms with Crippen LogP contribution in [-0.4, -0.2) is 52.8 Å². The predicted molar refractivity (Wildman–Crippen MR) is 105 cm³/mol. The number of nitrogens with zero attached hydrogens (tertiary/aromatic N) is 2. The van der Waals surface area contributed by atoms with Gasteiger partial charge in [-0.15, -0.1) is 0 Å². The number of aromatic carboxylic acids is 1. The van der Waals surface area contributed by atoms with Crippen LogP contribution in [0, 0.1) is 0 Å². The second-order valence-electron chi connectivity index (χ2n) is 7.24. The third-order valence-corrected chi connectivity index (χ3v) is 4.85. The lowest BCUT2D eigenvalue weighted by Crippen LogP contribution is -2.50. The van der Waals surface area contributed by atoms with Crippen LogP contribution in [0.2, 0.25) is 5.02 Å². The molecule has 0 saturated carbocycles. The van der Waals surface area contributed by atoms with E-state index in [2.05, 4.69) is 29.0 Å². The van der Waals surface area contributed by atoms with Gasteiger partial charge in [0.2, 0.25) is 0 Å². The van der Waals surface area contributed by atoms with Crippen LogP contribution >= 0.6 is 11.6 Å². The quantitative estimate of drug-likeness (QED) is 0.784. The van der Waals surface area contributed by atoms with Gasteiger partial charge in [-0.2, -0.15) is 0 Å². The van der Waals surface area contributed by atoms with Gasteiger partial charge < -0.3 is 15.2 Å². The Morgan fingerprint density at radius 2 is 2.07 bits per heavy atom. The van der Waals surface area contributed by atoms with Crippen molar-refractivity contribution in [3.63, 3.8) is 0 Å². The van der Waals surface area contributed by atoms with Crippen molar-refractivity contribution in [2.45, 2.75) is 25.5 Å². The number of rotatable bonds is 6. The normalized spacial score (nSPS) is 18.0. The molecule has 0 aliphatic carbocycles. The van der Waals surface area contributed by atoms with Crippen molar-refractivity contribution in [1.82, 2.24) is 9.88 Å². The molecule has 1 unspecified atom stereocenters. The first kappa shape index (κ1) is 19.6. The van der Waals surface area contributed by atoms with Crippen LogP contribution in [0.4, 0.5) is 5.82 Å². The van der Waals surface area contributed by atoms with Gasteiger partial charge in [-0.05, 0) is 43.7 Å². The van der Waals surface area contributed by atoms with E-state index in [-0.39, 0.29) is 17.3 Å². The first-order chi connectivity index (χ1) is 12.8. The molecule has 1 aliphatic rings. The smallest absolute Gasteiger partial charge is 0.354 e. The average Bonchev–Trinajstić information content (AvgIpc) is 2.63. The van der Waals surface area contributed by atoms with Crippen molar-refractivity contribution in [2.75, 3.05) is 31.6 Å². The molecule has 0 amide bonds. The maximum atomic E-state index is 11.1. The first-order valence-corrected chi connectivity index (χ1v) is 9.29. The summed E-state index contributed by atoms with van der Waals surface area (Å²) in [7, 11) is 0. The Labute approximate surface area is 164 Å². The number of ether oxygens (including phenoxy) is 1. The van der Waals surface area contributed by atoms with E-state index in [9.17, 15) is 4.79 Å². The molecule has 2 N–H and O–H groups in total. The number of hydrogen-bond acceptors (Lipinski definition) is 5. The van der Waals surface area contributed by atoms with E-state index in [1.807, 2.05) is 24.3 Å². The molecule has 1 aliphatic heterocycles. The first-order valence-electron chi connectivity index (χ1n) is 8.92. The minimum Gasteiger partial charge on any atom is -0.477 e. The fourth-order valence-corrected chi connectivity index (χ4v) is 3.44. The SMILES string of the molecule is CC1(C)CN(C(CNc2cccc(C(=O)O)n2)c2ccc(Cl)cc2)CCO1. The number of nitrogens with one attached hydrogen (secondary N) is 1. The van der Waals surface area contributed by atoms with Gasteiger partial charge in [0.1, 0.15) is 5.82 Å². The maximum Gasteiger partial charge on any atom is 0.354 e. The fourth-order valence-electron chi connectivity index (χ4n) is 3.32. The van der Waals surface area contributed by atoms with Crippen LogP contribution < -0.4 is 5.32 Å². The maximum absolute atomic E-state index is 11.1. The van der Waals surface area contributed by atoms with Crippen molar-refractivity contribution in [1.29, 1.82) is 0 Å². The summed E-state index contributed by atoms with van der Waals surface area (Å²) in [4.78, 5) is 17.7. The van der Waals surface area contributed by atoms with Crippen LogP contribution in [0.15, 0.2) is 42.5 Å². The van der Waals surface area contributed by atoms with Crippen molar-refractivity contribution < 1.29 is 14.6 Å². The van der Waals surface area contributed by atoms with E-state index >= 15 is 0 Å². The standard InChI is InChI=1S/C20H24ClN3O3/c1-20(2)13-24(10-11-27-20)17(14-6-8-15(21)9-7-14)12-22-18-5-3-4-16(23-18)19(25)26/h3-9,17H,10-13H2,1-2H3,(H,22,23)(H,25,26). The van der Waals surface area contributed by atoms with Crippen molar-refractivity contribution in [2.24, 2.45) is 0 Å². The molecule has 144 valence electrons. The summed E-state index contributed by atoms with van der Waals surface area (Å²) in [6, 6.07) is 12.9. The molecule has 1 aromatic carbocycles. The topological polar surface area (TPSA) is 74.7 Å². The second-order valence-corrected chi connectivity index (χ2v) is 7.68. The summed E-state index contributed by atoms with van der Waals surface area (Å²) in [6.07, 6.45) is 0. The summed E-state index contributed by atoms with van der Waals surface area (Å²) in [6.45, 7) is 7.05. The number of halogens is 1. The summed E-state index contributed by atoms with van der Waals surface area (Å²) in [5.74, 6) is -0.496. The summed E-state index contributed by atoms with van der Waals surface area (Å²) >= 11 is 6.05. The largest absolute Gasteiger partial charge is 0.477 e. The lowest BCUT2D eigenvalue weighted by atomic mass is 10.0. The lowest BCUT2D eigenvalue weighted by molar-refractivity contribution is -0.0963. The summed E-state index contributed by atoms with van der Waals surface area (Å²) < 4.78 is 5.84. The average molecular weight is 390 g/mol. The number of aromatic nitrogens is 1. The molecule has 6 nitrogen and oxygen atoms in total. The number of hydrogen-bond donors (Lipinski definition) is 2. The molecular weight excluding hydrogens is 366 g/mol. The van der Waals surface area contributed by atoms with Gasteiger partial charge in [0.15, 0.2) is 5.69 Å². The van der Waals surface area contributed by atoms with Gasteiger partial charge in [0.25, 0.3) is 0 Å². The number of anilines is 1. The van der Waals surface area contributed by atoms with E-state index in [0.29, 0.717) is 24.0 Å². The highest BCUT2D eigenvalue weighted by Gasteiger charge is 2.32. The van der Waals surface area contributed by atoms with E-state index in [0.717, 1.165) is 18.7 Å². The van der Waals surface area contributed by atoms with E-state index in [1.165, 1.54) is 6.07 Å². The van der Waals surface area contributed by atoms with Gasteiger partial charge in [-0.1, -0.05) is 29.8 Å². The van der Waals surface area contributed by atoms with Crippen LogP contribution in [0.25, 0.3) is 0 Å². The van der Waals surface area contributed by atoms with E-state index in [4.69, 9.17) is 21.4 Å². The van der Waals surface area contributed by atoms with Crippen molar-refractivity contribution in [3.05, 3.63) is 58.7 Å². The third kappa shape index (κ3) is 5.19. The Morgan fingerprint density at radius 1 is 1.33 bits per heavy atom. The van der Waals surface area contributed by atoms with Gasteiger partial charge in [-0.3, -0.25) is 4.90 Å². The number of carboxylic acids is 1. The predicted octanol–water partition coefficient (Wildman–Crippen LogP) is 3.70. The second kappa shape index (κ2) is 8.25. The highest BCUT2D eigenvalue weighted by atomic mass is 35.5. The molecule has 0 spiro atoms. The van der Waals surface area contributed by atoms with E-state index < -0.39 is 5.97 Å². The van der Waals surface area contributed by atoms with Gasteiger partial charge in [0, 0.05) is 24.7 Å². The summed E-state index contributed by atoms with van der Waals surface area (Å²) in [5, 5.41) is 13.1. The molecule has 7 heteroatoms. The molecular formula is C20H24ClN3O3. The molecule has 27 heavy (non-hydrogen) atoms.